The van der Waals surface area contributed by atoms with Gasteiger partial charge in [0.1, 0.15) is 11.8 Å². The fraction of sp³-hybridized carbons (Fsp3) is 0.314. The summed E-state index contributed by atoms with van der Waals surface area (Å²) in [6, 6.07) is 21.7. The average Bonchev–Trinajstić information content (AvgIpc) is 3.60. The first-order chi connectivity index (χ1) is 22.2. The van der Waals surface area contributed by atoms with E-state index < -0.39 is 35.3 Å². The highest BCUT2D eigenvalue weighted by Crippen LogP contribution is 2.60. The maximum atomic E-state index is 14.3. The van der Waals surface area contributed by atoms with Crippen LogP contribution in [-0.2, 0) is 14.4 Å². The Bertz CT molecular complexity index is 1640. The first kappa shape index (κ1) is 37.4. The highest BCUT2D eigenvalue weighted by Gasteiger charge is 2.62. The molecule has 4 rings (SSSR count). The van der Waals surface area contributed by atoms with E-state index in [4.69, 9.17) is 32.7 Å². The van der Waals surface area contributed by atoms with Gasteiger partial charge in [0.25, 0.3) is 0 Å². The summed E-state index contributed by atoms with van der Waals surface area (Å²) in [5.74, 6) is -1.36. The fourth-order valence-electron chi connectivity index (χ4n) is 4.34. The van der Waals surface area contributed by atoms with E-state index in [2.05, 4.69) is 15.3 Å². The zero-order valence-corrected chi connectivity index (χ0v) is 29.1. The van der Waals surface area contributed by atoms with Crippen LogP contribution in [0.1, 0.15) is 44.9 Å². The predicted molar refractivity (Wildman–Crippen MR) is 185 cm³/mol. The van der Waals surface area contributed by atoms with Gasteiger partial charge in [-0.05, 0) is 73.4 Å². The van der Waals surface area contributed by atoms with Gasteiger partial charge in [0.05, 0.1) is 12.1 Å². The summed E-state index contributed by atoms with van der Waals surface area (Å²) >= 11 is 14.0. The van der Waals surface area contributed by atoms with Crippen LogP contribution < -0.4 is 10.1 Å². The number of thioether (sulfide) groups is 1. The van der Waals surface area contributed by atoms with Crippen molar-refractivity contribution in [1.82, 2.24) is 5.32 Å². The van der Waals surface area contributed by atoms with Crippen LogP contribution in [0.3, 0.4) is 0 Å². The number of hydrogen-bond donors (Lipinski definition) is 1. The third-order valence-electron chi connectivity index (χ3n) is 7.42. The second-order valence-electron chi connectivity index (χ2n) is 11.6. The van der Waals surface area contributed by atoms with E-state index in [9.17, 15) is 19.2 Å². The zero-order chi connectivity index (χ0) is 34.8. The van der Waals surface area contributed by atoms with Gasteiger partial charge in [-0.15, -0.1) is 0 Å². The van der Waals surface area contributed by atoms with Crippen molar-refractivity contribution in [1.29, 1.82) is 5.26 Å². The molecule has 0 bridgehead atoms. The van der Waals surface area contributed by atoms with Crippen LogP contribution >= 0.6 is 35.0 Å². The molecule has 0 radical (unpaired) electrons. The number of esters is 1. The molecule has 3 aromatic carbocycles. The smallest absolute Gasteiger partial charge is 0.433 e. The van der Waals surface area contributed by atoms with Crippen LogP contribution in [0.5, 0.6) is 11.5 Å². The third kappa shape index (κ3) is 10.7. The summed E-state index contributed by atoms with van der Waals surface area (Å²) < 4.78 is 25.4. The number of amides is 1. The van der Waals surface area contributed by atoms with Crippen molar-refractivity contribution in [2.45, 2.75) is 38.5 Å². The molecule has 1 fully saturated rings. The molecule has 248 valence electrons. The summed E-state index contributed by atoms with van der Waals surface area (Å²) in [5.41, 5.74) is 0.713. The Labute approximate surface area is 288 Å². The highest BCUT2D eigenvalue weighted by atomic mass is 35.5. The number of para-hydroxylation sites is 1. The fourth-order valence-corrected chi connectivity index (χ4v) is 4.87. The van der Waals surface area contributed by atoms with Gasteiger partial charge >= 0.3 is 12.1 Å². The van der Waals surface area contributed by atoms with Gasteiger partial charge in [-0.25, -0.2) is 9.18 Å². The molecule has 47 heavy (non-hydrogen) atoms. The van der Waals surface area contributed by atoms with Crippen LogP contribution in [-0.4, -0.2) is 36.3 Å². The van der Waals surface area contributed by atoms with Gasteiger partial charge in [0, 0.05) is 27.4 Å². The van der Waals surface area contributed by atoms with Crippen molar-refractivity contribution in [3.63, 3.8) is 0 Å². The molecule has 1 aliphatic rings. The van der Waals surface area contributed by atoms with Crippen molar-refractivity contribution in [3.05, 3.63) is 101 Å². The summed E-state index contributed by atoms with van der Waals surface area (Å²) in [5, 5.41) is 16.6. The topological polar surface area (TPSA) is 110 Å². The maximum Gasteiger partial charge on any atom is 0.433 e. The Kier molecular flexibility index (Phi) is 13.3. The molecule has 0 aromatic heterocycles. The number of carbonyl (C=O) groups is 2. The van der Waals surface area contributed by atoms with E-state index in [-0.39, 0.29) is 16.4 Å². The molecule has 3 atom stereocenters. The molecular formula is C35H36Cl2FN3O5S. The maximum absolute atomic E-state index is 14.3. The lowest BCUT2D eigenvalue weighted by Gasteiger charge is -2.14. The summed E-state index contributed by atoms with van der Waals surface area (Å²) in [6.07, 6.45) is 3.62. The number of carbonyl (C=O) groups excluding carboxylic acids is 2. The van der Waals surface area contributed by atoms with Crippen molar-refractivity contribution >= 4 is 58.3 Å². The Morgan fingerprint density at radius 1 is 1.13 bits per heavy atom. The van der Waals surface area contributed by atoms with Crippen LogP contribution in [0.4, 0.5) is 9.18 Å². The van der Waals surface area contributed by atoms with Gasteiger partial charge in [-0.2, -0.15) is 17.0 Å². The van der Waals surface area contributed by atoms with E-state index in [1.807, 2.05) is 52.2 Å². The molecule has 0 saturated heterocycles. The molecule has 0 aliphatic heterocycles. The van der Waals surface area contributed by atoms with Gasteiger partial charge in [0.15, 0.2) is 11.6 Å². The number of hydrogen-bond acceptors (Lipinski definition) is 8. The largest absolute Gasteiger partial charge is 0.454 e. The SMILES string of the molecule is CC1(C)C(/C=C(\Cl)c2ccc(Cl)cc2)C1C(=O)OC(C#N)c1ccc(F)c(Oc2ccccc2)c1.CNC(=O)O/N=C/C(C)(C)SC. The number of allylic oxidation sites excluding steroid dienone is 1. The van der Waals surface area contributed by atoms with E-state index >= 15 is 0 Å². The first-order valence-corrected chi connectivity index (χ1v) is 16.4. The minimum Gasteiger partial charge on any atom is -0.454 e. The number of ether oxygens (including phenoxy) is 2. The normalized spacial score (nSPS) is 17.4. The second-order valence-corrected chi connectivity index (χ2v) is 13.9. The number of nitrogens with one attached hydrogen (secondary N) is 1. The lowest BCUT2D eigenvalue weighted by Crippen LogP contribution is -2.19. The summed E-state index contributed by atoms with van der Waals surface area (Å²) in [4.78, 5) is 28.0. The van der Waals surface area contributed by atoms with E-state index in [1.54, 1.807) is 66.5 Å². The lowest BCUT2D eigenvalue weighted by atomic mass is 10.1. The Morgan fingerprint density at radius 3 is 2.38 bits per heavy atom. The molecule has 1 amide bonds. The monoisotopic (exact) mass is 699 g/mol. The lowest BCUT2D eigenvalue weighted by molar-refractivity contribution is -0.149. The predicted octanol–water partition coefficient (Wildman–Crippen LogP) is 9.40. The Hall–Kier alpha value is -4.04. The number of halogens is 3. The number of benzene rings is 3. The van der Waals surface area contributed by atoms with Gasteiger partial charge in [0.2, 0.25) is 6.10 Å². The summed E-state index contributed by atoms with van der Waals surface area (Å²) in [7, 11) is 1.48. The number of oxime groups is 1. The molecule has 0 heterocycles. The molecule has 12 heteroatoms. The van der Waals surface area contributed by atoms with E-state index in [0.717, 1.165) is 5.56 Å². The average molecular weight is 701 g/mol. The molecule has 3 aromatic rings. The second kappa shape index (κ2) is 16.7. The van der Waals surface area contributed by atoms with Crippen LogP contribution in [0.15, 0.2) is 84.0 Å². The summed E-state index contributed by atoms with van der Waals surface area (Å²) in [6.45, 7) is 7.84. The molecule has 1 N–H and O–H groups in total. The van der Waals surface area contributed by atoms with Gasteiger partial charge < -0.3 is 14.8 Å². The zero-order valence-electron chi connectivity index (χ0n) is 26.8. The molecule has 1 aliphatic carbocycles. The number of nitrogens with zero attached hydrogens (tertiary/aromatic N) is 2. The van der Waals surface area contributed by atoms with Crippen molar-refractivity contribution < 1.29 is 28.3 Å². The van der Waals surface area contributed by atoms with Gasteiger partial charge in [-0.1, -0.05) is 84.7 Å². The minimum absolute atomic E-state index is 0.0627. The van der Waals surface area contributed by atoms with E-state index in [1.165, 1.54) is 25.2 Å². The first-order valence-electron chi connectivity index (χ1n) is 14.5. The Balaban J connectivity index is 0.000000426. The molecule has 3 unspecified atom stereocenters. The van der Waals surface area contributed by atoms with Crippen LogP contribution in [0, 0.1) is 34.4 Å². The van der Waals surface area contributed by atoms with Crippen LogP contribution in [0.25, 0.3) is 5.03 Å². The standard InChI is InChI=1S/C28H22Cl2FNO3.C7H14N2O2S/c1-28(2)21(15-22(30)17-8-11-19(29)12-9-17)26(28)27(33)35-25(16-32)18-10-13-23(31)24(14-18)34-20-6-4-3-5-7-20;1-7(2,12-4)5-9-11-6(10)8-3/h3-15,21,25-26H,1-2H3;5H,1-4H3,(H,8,10)/b22-15-;9-5+. The van der Waals surface area contributed by atoms with Crippen LogP contribution in [0.2, 0.25) is 5.02 Å². The van der Waals surface area contributed by atoms with E-state index in [0.29, 0.717) is 21.4 Å². The Morgan fingerprint density at radius 2 is 1.79 bits per heavy atom. The highest BCUT2D eigenvalue weighted by molar-refractivity contribution is 8.00. The quantitative estimate of drug-likeness (QED) is 0.0971. The molecule has 1 saturated carbocycles. The molecular weight excluding hydrogens is 664 g/mol. The minimum atomic E-state index is -1.21. The molecule has 8 nitrogen and oxygen atoms in total. The third-order valence-corrected chi connectivity index (χ3v) is 9.17. The van der Waals surface area contributed by atoms with Crippen molar-refractivity contribution in [2.24, 2.45) is 22.4 Å². The number of rotatable bonds is 10. The van der Waals surface area contributed by atoms with Crippen molar-refractivity contribution in [2.75, 3.05) is 13.3 Å². The van der Waals surface area contributed by atoms with Gasteiger partial charge in [-0.3, -0.25) is 9.63 Å². The molecule has 0 spiro atoms. The number of nitriles is 1. The van der Waals surface area contributed by atoms with Crippen molar-refractivity contribution in [3.8, 4) is 17.6 Å².